The van der Waals surface area contributed by atoms with Crippen LogP contribution in [0.5, 0.6) is 5.75 Å². The summed E-state index contributed by atoms with van der Waals surface area (Å²) < 4.78 is 8.72. The molecule has 0 bridgehead atoms. The first-order valence-corrected chi connectivity index (χ1v) is 13.8. The van der Waals surface area contributed by atoms with E-state index >= 15 is 0 Å². The van der Waals surface area contributed by atoms with E-state index in [9.17, 15) is 14.4 Å². The van der Waals surface area contributed by atoms with Gasteiger partial charge in [-0.25, -0.2) is 9.97 Å². The first-order valence-electron chi connectivity index (χ1n) is 12.2. The number of aryl methyl sites for hydroxylation is 1. The minimum absolute atomic E-state index is 0. The van der Waals surface area contributed by atoms with Crippen LogP contribution in [0.3, 0.4) is 0 Å². The molecule has 3 amide bonds. The largest absolute Gasteiger partial charge is 0.485 e. The topological polar surface area (TPSA) is 118 Å². The molecule has 0 aliphatic rings. The summed E-state index contributed by atoms with van der Waals surface area (Å²) >= 11 is 16.6. The van der Waals surface area contributed by atoms with Crippen LogP contribution in [0.2, 0.25) is 10.0 Å². The Bertz CT molecular complexity index is 1660. The number of carbonyl (C=O) groups excluding carboxylic acids is 3. The fourth-order valence-electron chi connectivity index (χ4n) is 3.77. The molecule has 1 aromatic carbocycles. The summed E-state index contributed by atoms with van der Waals surface area (Å²) in [6.07, 6.45) is 6.20. The number of hydrogen-bond acceptors (Lipinski definition) is 6. The number of halogens is 5. The molecule has 0 spiro atoms. The number of fused-ring (bicyclic) bond motifs is 1. The summed E-state index contributed by atoms with van der Waals surface area (Å²) in [7, 11) is 1.55. The number of likely N-dealkylation sites (N-methyl/N-ethyl adjacent to an activating group) is 1. The molecule has 15 heteroatoms. The average Bonchev–Trinajstić information content (AvgIpc) is 3.24. The predicted molar refractivity (Wildman–Crippen MR) is 177 cm³/mol. The lowest BCUT2D eigenvalue weighted by Crippen LogP contribution is -2.37. The molecule has 2 N–H and O–H groups in total. The van der Waals surface area contributed by atoms with Crippen molar-refractivity contribution in [2.24, 2.45) is 0 Å². The molecular weight excluding hydrogens is 706 g/mol. The van der Waals surface area contributed by atoms with Crippen molar-refractivity contribution in [3.63, 3.8) is 0 Å². The zero-order chi connectivity index (χ0) is 29.7. The summed E-state index contributed by atoms with van der Waals surface area (Å²) in [6.45, 7) is 3.05. The molecule has 0 aliphatic heterocycles. The van der Waals surface area contributed by atoms with E-state index in [0.717, 1.165) is 10.3 Å². The van der Waals surface area contributed by atoms with Crippen molar-refractivity contribution in [2.45, 2.75) is 20.5 Å². The highest BCUT2D eigenvalue weighted by atomic mass is 79.9. The molecule has 0 fully saturated rings. The molecule has 0 saturated heterocycles. The highest BCUT2D eigenvalue weighted by molar-refractivity contribution is 9.10. The lowest BCUT2D eigenvalue weighted by atomic mass is 10.2. The lowest BCUT2D eigenvalue weighted by Gasteiger charge is -2.21. The van der Waals surface area contributed by atoms with Crippen LogP contribution >= 0.6 is 63.9 Å². The van der Waals surface area contributed by atoms with E-state index in [1.165, 1.54) is 24.1 Å². The van der Waals surface area contributed by atoms with Crippen molar-refractivity contribution >= 4 is 105 Å². The van der Waals surface area contributed by atoms with Gasteiger partial charge in [0.05, 0.1) is 22.9 Å². The number of ether oxygens (including phenoxy) is 1. The molecule has 3 aromatic heterocycles. The van der Waals surface area contributed by atoms with Gasteiger partial charge < -0.3 is 20.3 Å². The van der Waals surface area contributed by atoms with Crippen molar-refractivity contribution < 1.29 is 19.1 Å². The van der Waals surface area contributed by atoms with E-state index in [2.05, 4.69) is 36.5 Å². The van der Waals surface area contributed by atoms with E-state index in [1.807, 2.05) is 23.6 Å². The van der Waals surface area contributed by atoms with Crippen molar-refractivity contribution in [3.05, 3.63) is 86.3 Å². The monoisotopic (exact) mass is 730 g/mol. The number of rotatable bonds is 9. The Morgan fingerprint density at radius 1 is 1.14 bits per heavy atom. The molecule has 0 saturated carbocycles. The minimum Gasteiger partial charge on any atom is -0.485 e. The highest BCUT2D eigenvalue weighted by Gasteiger charge is 2.20. The number of benzene rings is 1. The Labute approximate surface area is 278 Å². The summed E-state index contributed by atoms with van der Waals surface area (Å²) in [6, 6.07) is 10.2. The lowest BCUT2D eigenvalue weighted by molar-refractivity contribution is -0.122. The summed E-state index contributed by atoms with van der Waals surface area (Å²) in [5, 5.41) is 5.75. The molecular formula is C28H27BrCl4N6O4. The Balaban J connectivity index is 0.00000323. The first kappa shape index (κ1) is 35.8. The van der Waals surface area contributed by atoms with Gasteiger partial charge in [0.1, 0.15) is 17.0 Å². The van der Waals surface area contributed by atoms with Gasteiger partial charge in [0.15, 0.2) is 11.4 Å². The van der Waals surface area contributed by atoms with Crippen LogP contribution < -0.4 is 20.3 Å². The second-order valence-electron chi connectivity index (χ2n) is 8.86. The fourth-order valence-corrected chi connectivity index (χ4v) is 4.75. The van der Waals surface area contributed by atoms with Crippen molar-refractivity contribution in [1.29, 1.82) is 0 Å². The number of pyridine rings is 2. The van der Waals surface area contributed by atoms with Crippen molar-refractivity contribution in [3.8, 4) is 5.75 Å². The van der Waals surface area contributed by atoms with Crippen LogP contribution in [-0.4, -0.2) is 45.7 Å². The number of carbonyl (C=O) groups is 3. The van der Waals surface area contributed by atoms with Crippen LogP contribution in [-0.2, 0) is 21.0 Å². The molecule has 4 aromatic rings. The predicted octanol–water partition coefficient (Wildman–Crippen LogP) is 6.28. The third-order valence-electron chi connectivity index (χ3n) is 5.92. The summed E-state index contributed by atoms with van der Waals surface area (Å²) in [4.78, 5) is 46.2. The van der Waals surface area contributed by atoms with E-state index < -0.39 is 11.8 Å². The second-order valence-corrected chi connectivity index (χ2v) is 10.4. The molecule has 10 nitrogen and oxygen atoms in total. The number of anilines is 2. The van der Waals surface area contributed by atoms with Crippen LogP contribution in [0, 0.1) is 6.92 Å². The maximum absolute atomic E-state index is 12.9. The van der Waals surface area contributed by atoms with Crippen LogP contribution in [0.1, 0.15) is 23.7 Å². The zero-order valence-electron chi connectivity index (χ0n) is 23.1. The fraction of sp³-hybridized carbons (Fsp3) is 0.179. The Hall–Kier alpha value is -3.35. The second kappa shape index (κ2) is 15.9. The van der Waals surface area contributed by atoms with Gasteiger partial charge in [-0.2, -0.15) is 0 Å². The molecule has 0 aliphatic carbocycles. The van der Waals surface area contributed by atoms with Gasteiger partial charge in [0, 0.05) is 43.0 Å². The van der Waals surface area contributed by atoms with Gasteiger partial charge in [-0.3, -0.25) is 18.8 Å². The van der Waals surface area contributed by atoms with E-state index in [1.54, 1.807) is 43.5 Å². The number of nitrogens with zero attached hydrogens (tertiary/aromatic N) is 4. The van der Waals surface area contributed by atoms with Crippen LogP contribution in [0.4, 0.5) is 11.5 Å². The molecule has 4 rings (SSSR count). The first-order chi connectivity index (χ1) is 19.5. The Morgan fingerprint density at radius 2 is 1.88 bits per heavy atom. The van der Waals surface area contributed by atoms with Gasteiger partial charge in [-0.15, -0.1) is 24.8 Å². The molecule has 43 heavy (non-hydrogen) atoms. The van der Waals surface area contributed by atoms with Gasteiger partial charge in [0.25, 0.3) is 0 Å². The third kappa shape index (κ3) is 8.84. The summed E-state index contributed by atoms with van der Waals surface area (Å²) in [5.41, 5.74) is 3.01. The number of hydrogen-bond donors (Lipinski definition) is 2. The zero-order valence-corrected chi connectivity index (χ0v) is 27.8. The van der Waals surface area contributed by atoms with Gasteiger partial charge in [-0.1, -0.05) is 23.2 Å². The van der Waals surface area contributed by atoms with Crippen molar-refractivity contribution in [2.75, 3.05) is 23.8 Å². The Morgan fingerprint density at radius 3 is 2.56 bits per heavy atom. The smallest absolute Gasteiger partial charge is 0.246 e. The number of aromatic nitrogens is 3. The number of imidazole rings is 1. The SMILES string of the molecule is CC(=O)Nc1ccc(/C=C/C(=O)NCC(=O)N(C)c2ccc(Cl)c(COc3cccn4c(Br)c(C)nc34)c2Cl)cn1.Cl.Cl. The highest BCUT2D eigenvalue weighted by Crippen LogP contribution is 2.35. The van der Waals surface area contributed by atoms with E-state index in [4.69, 9.17) is 27.9 Å². The standard InChI is InChI=1S/C28H25BrCl2N6O4.2ClH/c1-16-27(29)37-12-4-5-22(28(37)34-16)41-15-19-20(30)8-9-21(26(19)31)36(3)25(40)14-33-24(39)11-7-18-6-10-23(32-13-18)35-17(2)38;;/h4-13H,14-15H2,1-3H3,(H,33,39)(H,32,35,38);2*1H/b11-7+;;. The van der Waals surface area contributed by atoms with E-state index in [0.29, 0.717) is 39.1 Å². The van der Waals surface area contributed by atoms with Gasteiger partial charge >= 0.3 is 0 Å². The summed E-state index contributed by atoms with van der Waals surface area (Å²) in [5.74, 6) is -0.151. The van der Waals surface area contributed by atoms with Crippen LogP contribution in [0.25, 0.3) is 11.7 Å². The van der Waals surface area contributed by atoms with Crippen molar-refractivity contribution in [1.82, 2.24) is 19.7 Å². The minimum atomic E-state index is -0.469. The molecule has 0 unspecified atom stereocenters. The van der Waals surface area contributed by atoms with Gasteiger partial charge in [0.2, 0.25) is 17.7 Å². The Kier molecular flexibility index (Phi) is 13.3. The number of nitrogens with one attached hydrogen (secondary N) is 2. The average molecular weight is 733 g/mol. The normalized spacial score (nSPS) is 10.6. The number of amides is 3. The molecule has 228 valence electrons. The maximum Gasteiger partial charge on any atom is 0.246 e. The molecule has 0 radical (unpaired) electrons. The molecule has 0 atom stereocenters. The third-order valence-corrected chi connectivity index (χ3v) is 7.65. The quantitative estimate of drug-likeness (QED) is 0.196. The maximum atomic E-state index is 12.9. The van der Waals surface area contributed by atoms with Gasteiger partial charge in [-0.05, 0) is 70.9 Å². The van der Waals surface area contributed by atoms with E-state index in [-0.39, 0.29) is 48.9 Å². The van der Waals surface area contributed by atoms with Crippen LogP contribution in [0.15, 0.2) is 59.5 Å². The molecule has 3 heterocycles.